The maximum atomic E-state index is 12.0. The zero-order valence-corrected chi connectivity index (χ0v) is 13.7. The Kier molecular flexibility index (Phi) is 7.39. The molecule has 0 saturated heterocycles. The van der Waals surface area contributed by atoms with Gasteiger partial charge in [0.05, 0.1) is 4.90 Å². The van der Waals surface area contributed by atoms with Gasteiger partial charge in [-0.25, -0.2) is 13.1 Å². The van der Waals surface area contributed by atoms with Gasteiger partial charge in [-0.3, -0.25) is 0 Å². The predicted octanol–water partition coefficient (Wildman–Crippen LogP) is 2.07. The molecule has 1 rings (SSSR count). The molecule has 0 aliphatic rings. The first kappa shape index (κ1) is 17.9. The Morgan fingerprint density at radius 1 is 1.33 bits per heavy atom. The van der Waals surface area contributed by atoms with E-state index < -0.39 is 10.0 Å². The topological polar surface area (TPSA) is 58.2 Å². The molecular formula is C11H18BrClN2O2S. The van der Waals surface area contributed by atoms with Gasteiger partial charge in [0.1, 0.15) is 0 Å². The Hall–Kier alpha value is -0.140. The summed E-state index contributed by atoms with van der Waals surface area (Å²) < 4.78 is 27.3. The Morgan fingerprint density at radius 2 is 1.94 bits per heavy atom. The molecule has 0 aliphatic carbocycles. The van der Waals surface area contributed by atoms with Gasteiger partial charge in [0.2, 0.25) is 10.0 Å². The minimum atomic E-state index is -3.43. The highest BCUT2D eigenvalue weighted by atomic mass is 79.9. The van der Waals surface area contributed by atoms with Crippen LogP contribution < -0.4 is 10.0 Å². The van der Waals surface area contributed by atoms with Crippen LogP contribution in [0.5, 0.6) is 0 Å². The molecule has 0 bridgehead atoms. The molecule has 1 unspecified atom stereocenters. The average molecular weight is 358 g/mol. The average Bonchev–Trinajstić information content (AvgIpc) is 2.24. The fourth-order valence-electron chi connectivity index (χ4n) is 1.28. The lowest BCUT2D eigenvalue weighted by molar-refractivity contribution is 0.554. The standard InChI is InChI=1S/C11H17BrN2O2S.ClH/c1-8-4-10(12)6-11(5-8)17(15,16)14-7-9(2)13-3;/h4-6,9,13-14H,7H2,1-3H3;1H. The van der Waals surface area contributed by atoms with Gasteiger partial charge in [-0.05, 0) is 44.7 Å². The van der Waals surface area contributed by atoms with Crippen molar-refractivity contribution in [1.82, 2.24) is 10.0 Å². The van der Waals surface area contributed by atoms with Crippen molar-refractivity contribution in [1.29, 1.82) is 0 Å². The van der Waals surface area contributed by atoms with Crippen LogP contribution in [-0.2, 0) is 10.0 Å². The highest BCUT2D eigenvalue weighted by molar-refractivity contribution is 9.10. The molecule has 4 nitrogen and oxygen atoms in total. The van der Waals surface area contributed by atoms with E-state index in [4.69, 9.17) is 0 Å². The number of hydrogen-bond donors (Lipinski definition) is 2. The Labute approximate surface area is 123 Å². The van der Waals surface area contributed by atoms with Crippen molar-refractivity contribution >= 4 is 38.4 Å². The summed E-state index contributed by atoms with van der Waals surface area (Å²) in [5.74, 6) is 0. The molecule has 0 amide bonds. The van der Waals surface area contributed by atoms with Gasteiger partial charge in [0, 0.05) is 17.1 Å². The van der Waals surface area contributed by atoms with E-state index in [1.165, 1.54) is 0 Å². The summed E-state index contributed by atoms with van der Waals surface area (Å²) >= 11 is 3.29. The quantitative estimate of drug-likeness (QED) is 0.848. The van der Waals surface area contributed by atoms with Crippen LogP contribution in [0.4, 0.5) is 0 Å². The third kappa shape index (κ3) is 5.24. The van der Waals surface area contributed by atoms with E-state index >= 15 is 0 Å². The summed E-state index contributed by atoms with van der Waals surface area (Å²) in [4.78, 5) is 0.285. The molecule has 2 N–H and O–H groups in total. The minimum absolute atomic E-state index is 0. The van der Waals surface area contributed by atoms with Crippen molar-refractivity contribution in [3.05, 3.63) is 28.2 Å². The monoisotopic (exact) mass is 356 g/mol. The van der Waals surface area contributed by atoms with E-state index in [9.17, 15) is 8.42 Å². The minimum Gasteiger partial charge on any atom is -0.316 e. The maximum Gasteiger partial charge on any atom is 0.240 e. The first-order chi connectivity index (χ1) is 7.85. The van der Waals surface area contributed by atoms with Gasteiger partial charge in [0.15, 0.2) is 0 Å². The fraction of sp³-hybridized carbons (Fsp3) is 0.455. The van der Waals surface area contributed by atoms with Crippen molar-refractivity contribution in [2.45, 2.75) is 24.8 Å². The van der Waals surface area contributed by atoms with E-state index in [0.717, 1.165) is 10.0 Å². The van der Waals surface area contributed by atoms with Gasteiger partial charge >= 0.3 is 0 Å². The van der Waals surface area contributed by atoms with Crippen molar-refractivity contribution in [2.75, 3.05) is 13.6 Å². The van der Waals surface area contributed by atoms with Crippen molar-refractivity contribution in [2.24, 2.45) is 0 Å². The van der Waals surface area contributed by atoms with Gasteiger partial charge in [-0.1, -0.05) is 15.9 Å². The number of halogens is 2. The van der Waals surface area contributed by atoms with Crippen molar-refractivity contribution in [3.8, 4) is 0 Å². The molecule has 0 radical (unpaired) electrons. The van der Waals surface area contributed by atoms with Crippen LogP contribution in [0.3, 0.4) is 0 Å². The number of nitrogens with one attached hydrogen (secondary N) is 2. The highest BCUT2D eigenvalue weighted by Gasteiger charge is 2.15. The summed E-state index contributed by atoms with van der Waals surface area (Å²) in [5, 5.41) is 2.98. The summed E-state index contributed by atoms with van der Waals surface area (Å²) in [6.07, 6.45) is 0. The zero-order valence-electron chi connectivity index (χ0n) is 10.5. The summed E-state index contributed by atoms with van der Waals surface area (Å²) in [7, 11) is -1.64. The smallest absolute Gasteiger partial charge is 0.240 e. The van der Waals surface area contributed by atoms with Gasteiger partial charge in [-0.15, -0.1) is 12.4 Å². The Morgan fingerprint density at radius 3 is 2.44 bits per heavy atom. The molecule has 0 saturated carbocycles. The SMILES string of the molecule is CNC(C)CNS(=O)(=O)c1cc(C)cc(Br)c1.Cl. The fourth-order valence-corrected chi connectivity index (χ4v) is 3.30. The van der Waals surface area contributed by atoms with E-state index in [0.29, 0.717) is 6.54 Å². The van der Waals surface area contributed by atoms with Crippen molar-refractivity contribution < 1.29 is 8.42 Å². The van der Waals surface area contributed by atoms with Crippen molar-refractivity contribution in [3.63, 3.8) is 0 Å². The number of sulfonamides is 1. The summed E-state index contributed by atoms with van der Waals surface area (Å²) in [6, 6.07) is 5.21. The zero-order chi connectivity index (χ0) is 13.1. The molecule has 0 fully saturated rings. The van der Waals surface area contributed by atoms with Crippen LogP contribution in [0.15, 0.2) is 27.6 Å². The van der Waals surface area contributed by atoms with Crippen LogP contribution in [0.1, 0.15) is 12.5 Å². The lowest BCUT2D eigenvalue weighted by Crippen LogP contribution is -2.37. The molecule has 1 aromatic rings. The lowest BCUT2D eigenvalue weighted by atomic mass is 10.2. The number of hydrogen-bond acceptors (Lipinski definition) is 3. The van der Waals surface area contributed by atoms with Crippen LogP contribution in [0.25, 0.3) is 0 Å². The lowest BCUT2D eigenvalue weighted by Gasteiger charge is -2.12. The van der Waals surface area contributed by atoms with E-state index in [-0.39, 0.29) is 23.3 Å². The molecular weight excluding hydrogens is 340 g/mol. The third-order valence-electron chi connectivity index (χ3n) is 2.40. The van der Waals surface area contributed by atoms with Gasteiger partial charge < -0.3 is 5.32 Å². The number of rotatable bonds is 5. The second-order valence-corrected chi connectivity index (χ2v) is 6.69. The molecule has 0 spiro atoms. The molecule has 0 heterocycles. The van der Waals surface area contributed by atoms with Crippen LogP contribution in [0, 0.1) is 6.92 Å². The summed E-state index contributed by atoms with van der Waals surface area (Å²) in [5.41, 5.74) is 0.904. The molecule has 18 heavy (non-hydrogen) atoms. The third-order valence-corrected chi connectivity index (χ3v) is 4.26. The summed E-state index contributed by atoms with van der Waals surface area (Å²) in [6.45, 7) is 4.14. The molecule has 1 aromatic carbocycles. The molecule has 1 atom stereocenters. The first-order valence-corrected chi connectivity index (χ1v) is 7.57. The molecule has 104 valence electrons. The largest absolute Gasteiger partial charge is 0.316 e. The second-order valence-electron chi connectivity index (χ2n) is 4.01. The Balaban J connectivity index is 0.00000289. The number of aryl methyl sites for hydroxylation is 1. The second kappa shape index (κ2) is 7.45. The van der Waals surface area contributed by atoms with Gasteiger partial charge in [0.25, 0.3) is 0 Å². The van der Waals surface area contributed by atoms with E-state index in [1.54, 1.807) is 19.2 Å². The maximum absolute atomic E-state index is 12.0. The van der Waals surface area contributed by atoms with Crippen LogP contribution >= 0.6 is 28.3 Å². The van der Waals surface area contributed by atoms with E-state index in [2.05, 4.69) is 26.0 Å². The normalized spacial score (nSPS) is 12.9. The van der Waals surface area contributed by atoms with Crippen LogP contribution in [0.2, 0.25) is 0 Å². The predicted molar refractivity (Wildman–Crippen MR) is 79.8 cm³/mol. The first-order valence-electron chi connectivity index (χ1n) is 5.29. The molecule has 7 heteroatoms. The van der Waals surface area contributed by atoms with E-state index in [1.807, 2.05) is 19.9 Å². The Bertz CT molecular complexity index is 474. The van der Waals surface area contributed by atoms with Crippen LogP contribution in [-0.4, -0.2) is 28.1 Å². The molecule has 0 aromatic heterocycles. The molecule has 0 aliphatic heterocycles. The van der Waals surface area contributed by atoms with Gasteiger partial charge in [-0.2, -0.15) is 0 Å². The number of likely N-dealkylation sites (N-methyl/N-ethyl adjacent to an activating group) is 1. The highest BCUT2D eigenvalue weighted by Crippen LogP contribution is 2.18. The number of benzene rings is 1.